The summed E-state index contributed by atoms with van der Waals surface area (Å²) in [6.45, 7) is 5.04. The third-order valence-electron chi connectivity index (χ3n) is 6.08. The number of nitrogens with zero attached hydrogens (tertiary/aromatic N) is 2. The van der Waals surface area contributed by atoms with E-state index in [2.05, 4.69) is 52.5 Å². The predicted octanol–water partition coefficient (Wildman–Crippen LogP) is 2.80. The highest BCUT2D eigenvalue weighted by Gasteiger charge is 2.25. The van der Waals surface area contributed by atoms with Gasteiger partial charge in [-0.1, -0.05) is 42.5 Å². The van der Waals surface area contributed by atoms with Gasteiger partial charge in [-0.3, -0.25) is 9.69 Å². The van der Waals surface area contributed by atoms with Gasteiger partial charge in [-0.2, -0.15) is 0 Å². The number of hydrogen-bond acceptors (Lipinski definition) is 4. The number of ether oxygens (including phenoxy) is 1. The number of carbonyl (C=O) groups is 1. The highest BCUT2D eigenvalue weighted by molar-refractivity contribution is 5.76. The van der Waals surface area contributed by atoms with Crippen molar-refractivity contribution in [3.05, 3.63) is 65.2 Å². The Balaban J connectivity index is 1.41. The fourth-order valence-electron chi connectivity index (χ4n) is 4.34. The quantitative estimate of drug-likeness (QED) is 0.786. The van der Waals surface area contributed by atoms with Crippen LogP contribution in [0, 0.1) is 0 Å². The van der Waals surface area contributed by atoms with E-state index >= 15 is 0 Å². The van der Waals surface area contributed by atoms with Crippen molar-refractivity contribution in [3.8, 4) is 0 Å². The lowest BCUT2D eigenvalue weighted by Crippen LogP contribution is -2.43. The highest BCUT2D eigenvalue weighted by atomic mass is 16.5. The number of hydrogen-bond donors (Lipinski definition) is 1. The molecule has 0 bridgehead atoms. The molecule has 5 nitrogen and oxygen atoms in total. The molecule has 2 aromatic rings. The van der Waals surface area contributed by atoms with Crippen LogP contribution in [0.15, 0.2) is 48.5 Å². The third kappa shape index (κ3) is 4.98. The standard InChI is InChI=1S/C24H31N3O2/c1-26-12-11-21-17-20(8-9-22(21)26)23(27-13-15-29-16-14-27)18-25-24(28)10-7-19-5-3-2-4-6-19/h2-6,8-9,17,23H,7,10-16,18H2,1H3,(H,25,28)/t23-/m0/s1. The van der Waals surface area contributed by atoms with Gasteiger partial charge in [-0.25, -0.2) is 0 Å². The van der Waals surface area contributed by atoms with E-state index in [9.17, 15) is 4.79 Å². The molecule has 1 fully saturated rings. The molecule has 5 heteroatoms. The molecular formula is C24H31N3O2. The van der Waals surface area contributed by atoms with Crippen LogP contribution < -0.4 is 10.2 Å². The Bertz CT molecular complexity index is 818. The van der Waals surface area contributed by atoms with Crippen LogP contribution in [0.5, 0.6) is 0 Å². The Morgan fingerprint density at radius 2 is 1.90 bits per heavy atom. The number of likely N-dealkylation sites (N-methyl/N-ethyl adjacent to an activating group) is 1. The average Bonchev–Trinajstić information content (AvgIpc) is 3.14. The van der Waals surface area contributed by atoms with E-state index < -0.39 is 0 Å². The minimum atomic E-state index is 0.119. The topological polar surface area (TPSA) is 44.8 Å². The maximum absolute atomic E-state index is 12.5. The number of aryl methyl sites for hydroxylation is 1. The van der Waals surface area contributed by atoms with Crippen molar-refractivity contribution >= 4 is 11.6 Å². The first-order valence-corrected chi connectivity index (χ1v) is 10.7. The van der Waals surface area contributed by atoms with Crippen LogP contribution in [0.4, 0.5) is 5.69 Å². The summed E-state index contributed by atoms with van der Waals surface area (Å²) in [5, 5.41) is 3.19. The van der Waals surface area contributed by atoms with Crippen molar-refractivity contribution in [2.45, 2.75) is 25.3 Å². The van der Waals surface area contributed by atoms with E-state index in [-0.39, 0.29) is 11.9 Å². The van der Waals surface area contributed by atoms with Crippen molar-refractivity contribution in [2.24, 2.45) is 0 Å². The Labute approximate surface area is 173 Å². The van der Waals surface area contributed by atoms with Gasteiger partial charge in [-0.05, 0) is 35.6 Å². The molecule has 4 rings (SSSR count). The van der Waals surface area contributed by atoms with Crippen LogP contribution in [0.3, 0.4) is 0 Å². The van der Waals surface area contributed by atoms with Gasteiger partial charge in [0.15, 0.2) is 0 Å². The van der Waals surface area contributed by atoms with Gasteiger partial charge in [0.1, 0.15) is 0 Å². The van der Waals surface area contributed by atoms with E-state index in [0.717, 1.165) is 45.7 Å². The summed E-state index contributed by atoms with van der Waals surface area (Å²) in [5.74, 6) is 0.119. The second-order valence-electron chi connectivity index (χ2n) is 8.01. The number of nitrogens with one attached hydrogen (secondary N) is 1. The molecule has 1 N–H and O–H groups in total. The zero-order valence-electron chi connectivity index (χ0n) is 17.3. The number of morpholine rings is 1. The summed E-state index contributed by atoms with van der Waals surface area (Å²) in [7, 11) is 2.15. The molecule has 0 aromatic heterocycles. The van der Waals surface area contributed by atoms with Gasteiger partial charge < -0.3 is 15.0 Å². The summed E-state index contributed by atoms with van der Waals surface area (Å²) in [6, 6.07) is 17.2. The number of amides is 1. The van der Waals surface area contributed by atoms with Crippen LogP contribution in [0.25, 0.3) is 0 Å². The first kappa shape index (κ1) is 19.9. The average molecular weight is 394 g/mol. The van der Waals surface area contributed by atoms with Gasteiger partial charge in [0.2, 0.25) is 5.91 Å². The number of fused-ring (bicyclic) bond motifs is 1. The minimum Gasteiger partial charge on any atom is -0.379 e. The Hall–Kier alpha value is -2.37. The number of carbonyl (C=O) groups excluding carboxylic acids is 1. The zero-order valence-corrected chi connectivity index (χ0v) is 17.3. The molecule has 0 saturated carbocycles. The molecule has 1 saturated heterocycles. The van der Waals surface area contributed by atoms with Gasteiger partial charge in [-0.15, -0.1) is 0 Å². The lowest BCUT2D eigenvalue weighted by Gasteiger charge is -2.35. The number of benzene rings is 2. The fourth-order valence-corrected chi connectivity index (χ4v) is 4.34. The molecule has 2 aliphatic heterocycles. The van der Waals surface area contributed by atoms with Crippen LogP contribution in [-0.4, -0.2) is 57.2 Å². The molecule has 29 heavy (non-hydrogen) atoms. The van der Waals surface area contributed by atoms with Crippen molar-refractivity contribution in [1.82, 2.24) is 10.2 Å². The number of rotatable bonds is 7. The largest absolute Gasteiger partial charge is 0.379 e. The third-order valence-corrected chi connectivity index (χ3v) is 6.08. The Morgan fingerprint density at radius 1 is 1.10 bits per heavy atom. The van der Waals surface area contributed by atoms with Gasteiger partial charge >= 0.3 is 0 Å². The molecule has 2 aliphatic rings. The van der Waals surface area contributed by atoms with Crippen molar-refractivity contribution < 1.29 is 9.53 Å². The number of anilines is 1. The summed E-state index contributed by atoms with van der Waals surface area (Å²) in [5.41, 5.74) is 5.25. The normalized spacial score (nSPS) is 17.8. The minimum absolute atomic E-state index is 0.119. The lowest BCUT2D eigenvalue weighted by molar-refractivity contribution is -0.121. The van der Waals surface area contributed by atoms with Gasteiger partial charge in [0.05, 0.1) is 19.3 Å². The fraction of sp³-hybridized carbons (Fsp3) is 0.458. The molecular weight excluding hydrogens is 362 g/mol. The van der Waals surface area contributed by atoms with E-state index in [1.807, 2.05) is 18.2 Å². The summed E-state index contributed by atoms with van der Waals surface area (Å²) in [6.07, 6.45) is 2.40. The maximum atomic E-state index is 12.5. The lowest BCUT2D eigenvalue weighted by atomic mass is 10.00. The van der Waals surface area contributed by atoms with E-state index in [1.165, 1.54) is 22.4 Å². The van der Waals surface area contributed by atoms with Crippen LogP contribution in [0.1, 0.15) is 29.2 Å². The first-order chi connectivity index (χ1) is 14.2. The predicted molar refractivity (Wildman–Crippen MR) is 116 cm³/mol. The molecule has 2 heterocycles. The van der Waals surface area contributed by atoms with Crippen molar-refractivity contribution in [1.29, 1.82) is 0 Å². The van der Waals surface area contributed by atoms with E-state index in [4.69, 9.17) is 4.74 Å². The van der Waals surface area contributed by atoms with Gasteiger partial charge in [0.25, 0.3) is 0 Å². The first-order valence-electron chi connectivity index (χ1n) is 10.7. The SMILES string of the molecule is CN1CCc2cc([C@H](CNC(=O)CCc3ccccc3)N3CCOCC3)ccc21. The second-order valence-corrected chi connectivity index (χ2v) is 8.01. The second kappa shape index (κ2) is 9.42. The Morgan fingerprint density at radius 3 is 2.69 bits per heavy atom. The molecule has 0 radical (unpaired) electrons. The Kier molecular flexibility index (Phi) is 6.47. The molecule has 0 spiro atoms. The molecule has 1 atom stereocenters. The zero-order chi connectivity index (χ0) is 20.1. The molecule has 1 amide bonds. The highest BCUT2D eigenvalue weighted by Crippen LogP contribution is 2.31. The van der Waals surface area contributed by atoms with Gasteiger partial charge in [0, 0.05) is 45.3 Å². The molecule has 0 aliphatic carbocycles. The van der Waals surface area contributed by atoms with E-state index in [1.54, 1.807) is 0 Å². The van der Waals surface area contributed by atoms with Crippen LogP contribution >= 0.6 is 0 Å². The van der Waals surface area contributed by atoms with Crippen molar-refractivity contribution in [3.63, 3.8) is 0 Å². The summed E-state index contributed by atoms with van der Waals surface area (Å²) >= 11 is 0. The van der Waals surface area contributed by atoms with E-state index in [0.29, 0.717) is 13.0 Å². The monoisotopic (exact) mass is 393 g/mol. The van der Waals surface area contributed by atoms with Crippen LogP contribution in [-0.2, 0) is 22.4 Å². The summed E-state index contributed by atoms with van der Waals surface area (Å²) in [4.78, 5) is 17.3. The molecule has 0 unspecified atom stereocenters. The van der Waals surface area contributed by atoms with Crippen molar-refractivity contribution in [2.75, 3.05) is 51.3 Å². The molecule has 2 aromatic carbocycles. The molecule has 154 valence electrons. The smallest absolute Gasteiger partial charge is 0.220 e. The maximum Gasteiger partial charge on any atom is 0.220 e. The van der Waals surface area contributed by atoms with Crippen LogP contribution in [0.2, 0.25) is 0 Å². The summed E-state index contributed by atoms with van der Waals surface area (Å²) < 4.78 is 5.55.